The summed E-state index contributed by atoms with van der Waals surface area (Å²) >= 11 is 3.41. The molecule has 120 valence electrons. The quantitative estimate of drug-likeness (QED) is 0.881. The Morgan fingerprint density at radius 2 is 1.83 bits per heavy atom. The predicted octanol–water partition coefficient (Wildman–Crippen LogP) is 3.88. The number of ether oxygens (including phenoxy) is 2. The van der Waals surface area contributed by atoms with E-state index in [-0.39, 0.29) is 11.9 Å². The van der Waals surface area contributed by atoms with Crippen molar-refractivity contribution in [2.24, 2.45) is 0 Å². The largest absolute Gasteiger partial charge is 0.495 e. The van der Waals surface area contributed by atoms with Gasteiger partial charge in [0.15, 0.2) is 0 Å². The summed E-state index contributed by atoms with van der Waals surface area (Å²) in [5, 5.41) is 3.11. The minimum atomic E-state index is -0.129. The fraction of sp³-hybridized carbons (Fsp3) is 0.278. The first-order valence-electron chi connectivity index (χ1n) is 7.44. The van der Waals surface area contributed by atoms with Crippen LogP contribution in [0.1, 0.15) is 33.9 Å². The summed E-state index contributed by atoms with van der Waals surface area (Å²) < 4.78 is 11.3. The number of rotatable bonds is 4. The molecule has 1 N–H and O–H groups in total. The first kappa shape index (κ1) is 15.9. The molecule has 1 amide bonds. The Hall–Kier alpha value is -2.01. The Balaban J connectivity index is 1.84. The van der Waals surface area contributed by atoms with Crippen molar-refractivity contribution in [2.75, 3.05) is 14.2 Å². The van der Waals surface area contributed by atoms with Crippen molar-refractivity contribution in [1.29, 1.82) is 0 Å². The second-order valence-corrected chi connectivity index (χ2v) is 6.25. The summed E-state index contributed by atoms with van der Waals surface area (Å²) in [6.07, 6.45) is 1.92. The third-order valence-electron chi connectivity index (χ3n) is 4.15. The predicted molar refractivity (Wildman–Crippen MR) is 92.2 cm³/mol. The second-order valence-electron chi connectivity index (χ2n) is 5.46. The molecule has 0 aliphatic heterocycles. The number of benzene rings is 2. The highest BCUT2D eigenvalue weighted by Crippen LogP contribution is 2.36. The number of fused-ring (bicyclic) bond motifs is 1. The molecule has 0 spiro atoms. The molecule has 4 nitrogen and oxygen atoms in total. The number of aryl methyl sites for hydroxylation is 1. The Morgan fingerprint density at radius 1 is 1.17 bits per heavy atom. The highest BCUT2D eigenvalue weighted by molar-refractivity contribution is 9.10. The number of carbonyl (C=O) groups is 1. The molecule has 0 fully saturated rings. The lowest BCUT2D eigenvalue weighted by atomic mass is 10.1. The average Bonchev–Trinajstić information content (AvgIpc) is 2.98. The van der Waals surface area contributed by atoms with Gasteiger partial charge in [0.05, 0.1) is 20.3 Å². The van der Waals surface area contributed by atoms with Crippen molar-refractivity contribution in [1.82, 2.24) is 5.32 Å². The van der Waals surface area contributed by atoms with Crippen molar-refractivity contribution in [2.45, 2.75) is 18.9 Å². The Morgan fingerprint density at radius 3 is 2.48 bits per heavy atom. The number of hydrogen-bond donors (Lipinski definition) is 1. The molecule has 2 aromatic carbocycles. The first-order chi connectivity index (χ1) is 11.1. The number of amides is 1. The van der Waals surface area contributed by atoms with Crippen LogP contribution in [0.2, 0.25) is 0 Å². The highest BCUT2D eigenvalue weighted by Gasteiger charge is 2.24. The Kier molecular flexibility index (Phi) is 4.57. The lowest BCUT2D eigenvalue weighted by molar-refractivity contribution is 0.0936. The van der Waals surface area contributed by atoms with Crippen LogP contribution in [-0.4, -0.2) is 20.1 Å². The van der Waals surface area contributed by atoms with Crippen LogP contribution in [0.15, 0.2) is 40.9 Å². The van der Waals surface area contributed by atoms with Gasteiger partial charge in [0.2, 0.25) is 0 Å². The molecule has 0 radical (unpaired) electrons. The van der Waals surface area contributed by atoms with Crippen molar-refractivity contribution in [3.63, 3.8) is 0 Å². The van der Waals surface area contributed by atoms with E-state index in [1.807, 2.05) is 12.1 Å². The van der Waals surface area contributed by atoms with Crippen LogP contribution in [-0.2, 0) is 6.42 Å². The fourth-order valence-electron chi connectivity index (χ4n) is 2.95. The van der Waals surface area contributed by atoms with Crippen molar-refractivity contribution in [3.8, 4) is 11.5 Å². The topological polar surface area (TPSA) is 47.6 Å². The zero-order valence-corrected chi connectivity index (χ0v) is 14.6. The van der Waals surface area contributed by atoms with E-state index in [0.29, 0.717) is 21.5 Å². The van der Waals surface area contributed by atoms with E-state index in [1.165, 1.54) is 11.1 Å². The fourth-order valence-corrected chi connectivity index (χ4v) is 3.50. The van der Waals surface area contributed by atoms with Gasteiger partial charge in [0.1, 0.15) is 16.0 Å². The molecule has 0 saturated carbocycles. The Labute approximate surface area is 143 Å². The van der Waals surface area contributed by atoms with Gasteiger partial charge in [-0.1, -0.05) is 24.3 Å². The van der Waals surface area contributed by atoms with Crippen LogP contribution in [0, 0.1) is 0 Å². The molecule has 3 rings (SSSR count). The normalized spacial score (nSPS) is 15.9. The maximum Gasteiger partial charge on any atom is 0.252 e. The number of halogens is 1. The van der Waals surface area contributed by atoms with Gasteiger partial charge in [-0.3, -0.25) is 4.79 Å². The van der Waals surface area contributed by atoms with Gasteiger partial charge in [-0.05, 0) is 52.0 Å². The monoisotopic (exact) mass is 375 g/mol. The molecule has 0 heterocycles. The summed E-state index contributed by atoms with van der Waals surface area (Å²) in [6, 6.07) is 11.7. The summed E-state index contributed by atoms with van der Waals surface area (Å²) in [7, 11) is 3.13. The molecule has 23 heavy (non-hydrogen) atoms. The molecule has 1 aliphatic rings. The van der Waals surface area contributed by atoms with Crippen LogP contribution < -0.4 is 14.8 Å². The maximum absolute atomic E-state index is 12.6. The van der Waals surface area contributed by atoms with Crippen molar-refractivity contribution < 1.29 is 14.3 Å². The van der Waals surface area contributed by atoms with Gasteiger partial charge in [0, 0.05) is 5.56 Å². The highest BCUT2D eigenvalue weighted by atomic mass is 79.9. The number of carbonyl (C=O) groups excluding carboxylic acids is 1. The molecule has 1 aliphatic carbocycles. The third-order valence-corrected chi connectivity index (χ3v) is 4.93. The molecule has 1 atom stereocenters. The number of nitrogens with one attached hydrogen (secondary N) is 1. The molecule has 0 bridgehead atoms. The molecule has 1 unspecified atom stereocenters. The Bertz CT molecular complexity index is 720. The standard InChI is InChI=1S/C18H18BrNO3/c1-22-15-9-12(10-16(23-2)17(15)19)18(21)20-14-8-7-11-5-3-4-6-13(11)14/h3-6,9-10,14H,7-8H2,1-2H3,(H,20,21). The van der Waals surface area contributed by atoms with Gasteiger partial charge >= 0.3 is 0 Å². The number of hydrogen-bond acceptors (Lipinski definition) is 3. The van der Waals surface area contributed by atoms with E-state index in [2.05, 4.69) is 33.4 Å². The molecular formula is C18H18BrNO3. The zero-order valence-electron chi connectivity index (χ0n) is 13.1. The third kappa shape index (κ3) is 3.06. The van der Waals surface area contributed by atoms with E-state index < -0.39 is 0 Å². The molecule has 0 saturated heterocycles. The smallest absolute Gasteiger partial charge is 0.252 e. The molecular weight excluding hydrogens is 358 g/mol. The minimum Gasteiger partial charge on any atom is -0.495 e. The second kappa shape index (κ2) is 6.62. The summed E-state index contributed by atoms with van der Waals surface area (Å²) in [5.41, 5.74) is 3.03. The van der Waals surface area contributed by atoms with Crippen LogP contribution >= 0.6 is 15.9 Å². The van der Waals surface area contributed by atoms with Gasteiger partial charge in [-0.2, -0.15) is 0 Å². The summed E-state index contributed by atoms with van der Waals surface area (Å²) in [4.78, 5) is 12.6. The van der Waals surface area contributed by atoms with E-state index in [1.54, 1.807) is 26.4 Å². The first-order valence-corrected chi connectivity index (χ1v) is 8.23. The lowest BCUT2D eigenvalue weighted by Gasteiger charge is -2.16. The van der Waals surface area contributed by atoms with Gasteiger partial charge in [0.25, 0.3) is 5.91 Å². The van der Waals surface area contributed by atoms with E-state index >= 15 is 0 Å². The van der Waals surface area contributed by atoms with Crippen LogP contribution in [0.3, 0.4) is 0 Å². The number of methoxy groups -OCH3 is 2. The van der Waals surface area contributed by atoms with Gasteiger partial charge < -0.3 is 14.8 Å². The molecule has 5 heteroatoms. The minimum absolute atomic E-state index is 0.0549. The van der Waals surface area contributed by atoms with E-state index in [9.17, 15) is 4.79 Å². The van der Waals surface area contributed by atoms with Gasteiger partial charge in [-0.15, -0.1) is 0 Å². The summed E-state index contributed by atoms with van der Waals surface area (Å²) in [5.74, 6) is 1.01. The average molecular weight is 376 g/mol. The van der Waals surface area contributed by atoms with E-state index in [4.69, 9.17) is 9.47 Å². The van der Waals surface area contributed by atoms with Crippen molar-refractivity contribution in [3.05, 3.63) is 57.6 Å². The van der Waals surface area contributed by atoms with Crippen molar-refractivity contribution >= 4 is 21.8 Å². The summed E-state index contributed by atoms with van der Waals surface area (Å²) in [6.45, 7) is 0. The van der Waals surface area contributed by atoms with Crippen LogP contribution in [0.5, 0.6) is 11.5 Å². The van der Waals surface area contributed by atoms with Crippen LogP contribution in [0.25, 0.3) is 0 Å². The molecule has 2 aromatic rings. The lowest BCUT2D eigenvalue weighted by Crippen LogP contribution is -2.27. The SMILES string of the molecule is COc1cc(C(=O)NC2CCc3ccccc32)cc(OC)c1Br. The van der Waals surface area contributed by atoms with Crippen LogP contribution in [0.4, 0.5) is 0 Å². The maximum atomic E-state index is 12.6. The molecule has 0 aromatic heterocycles. The zero-order chi connectivity index (χ0) is 16.4. The van der Waals surface area contributed by atoms with E-state index in [0.717, 1.165) is 12.8 Å². The van der Waals surface area contributed by atoms with Gasteiger partial charge in [-0.25, -0.2) is 0 Å².